The highest BCUT2D eigenvalue weighted by Crippen LogP contribution is 2.22. The van der Waals surface area contributed by atoms with Crippen LogP contribution >= 0.6 is 11.3 Å². The van der Waals surface area contributed by atoms with Gasteiger partial charge in [-0.2, -0.15) is 0 Å². The summed E-state index contributed by atoms with van der Waals surface area (Å²) in [6.07, 6.45) is 3.50. The molecular formula is C19H31N3O2S. The second kappa shape index (κ2) is 9.34. The molecule has 1 aliphatic heterocycles. The Morgan fingerprint density at radius 1 is 1.36 bits per heavy atom. The molecule has 0 radical (unpaired) electrons. The van der Waals surface area contributed by atoms with Crippen molar-refractivity contribution in [3.63, 3.8) is 0 Å². The van der Waals surface area contributed by atoms with Gasteiger partial charge in [-0.3, -0.25) is 9.59 Å². The maximum Gasteiger partial charge on any atom is 0.264 e. The van der Waals surface area contributed by atoms with Gasteiger partial charge in [-0.1, -0.05) is 33.3 Å². The Morgan fingerprint density at radius 2 is 2.04 bits per heavy atom. The van der Waals surface area contributed by atoms with Crippen LogP contribution in [0.5, 0.6) is 0 Å². The second-order valence-electron chi connectivity index (χ2n) is 6.94. The molecule has 2 atom stereocenters. The molecule has 2 unspecified atom stereocenters. The summed E-state index contributed by atoms with van der Waals surface area (Å²) in [5, 5.41) is 1.94. The summed E-state index contributed by atoms with van der Waals surface area (Å²) in [6, 6.07) is 3.60. The van der Waals surface area contributed by atoms with Crippen molar-refractivity contribution in [2.75, 3.05) is 19.6 Å². The number of rotatable bonds is 7. The number of thiophene rings is 1. The van der Waals surface area contributed by atoms with Gasteiger partial charge in [-0.05, 0) is 36.6 Å². The number of carbonyl (C=O) groups is 2. The third-order valence-corrected chi connectivity index (χ3v) is 6.07. The molecule has 25 heavy (non-hydrogen) atoms. The molecule has 0 bridgehead atoms. The highest BCUT2D eigenvalue weighted by Gasteiger charge is 2.32. The van der Waals surface area contributed by atoms with E-state index in [0.29, 0.717) is 13.1 Å². The van der Waals surface area contributed by atoms with E-state index in [1.807, 2.05) is 34.2 Å². The smallest absolute Gasteiger partial charge is 0.264 e. The van der Waals surface area contributed by atoms with Crippen LogP contribution in [0.25, 0.3) is 0 Å². The lowest BCUT2D eigenvalue weighted by Crippen LogP contribution is -2.53. The molecule has 0 saturated carbocycles. The second-order valence-corrected chi connectivity index (χ2v) is 7.89. The minimum Gasteiger partial charge on any atom is -0.341 e. The number of nitrogens with two attached hydrogens (primary N) is 1. The van der Waals surface area contributed by atoms with E-state index in [2.05, 4.69) is 13.8 Å². The molecule has 1 aromatic heterocycles. The maximum atomic E-state index is 12.8. The van der Waals surface area contributed by atoms with Crippen molar-refractivity contribution in [3.8, 4) is 0 Å². The van der Waals surface area contributed by atoms with Gasteiger partial charge in [-0.15, -0.1) is 11.3 Å². The van der Waals surface area contributed by atoms with E-state index in [1.54, 1.807) is 0 Å². The number of hydrogen-bond donors (Lipinski definition) is 1. The van der Waals surface area contributed by atoms with Crippen molar-refractivity contribution < 1.29 is 9.59 Å². The summed E-state index contributed by atoms with van der Waals surface area (Å²) in [7, 11) is 0. The lowest BCUT2D eigenvalue weighted by Gasteiger charge is -2.39. The first kappa shape index (κ1) is 19.9. The van der Waals surface area contributed by atoms with Crippen LogP contribution in [0.15, 0.2) is 17.5 Å². The summed E-state index contributed by atoms with van der Waals surface area (Å²) in [5.74, 6) is 0.375. The molecule has 0 aliphatic carbocycles. The molecule has 1 aromatic rings. The molecule has 2 heterocycles. The molecule has 0 spiro atoms. The molecule has 6 heteroatoms. The molecule has 5 nitrogen and oxygen atoms in total. The molecule has 0 aromatic carbocycles. The predicted molar refractivity (Wildman–Crippen MR) is 103 cm³/mol. The first-order chi connectivity index (χ1) is 12.0. The van der Waals surface area contributed by atoms with Crippen LogP contribution in [-0.2, 0) is 4.79 Å². The minimum atomic E-state index is -0.416. The largest absolute Gasteiger partial charge is 0.341 e. The monoisotopic (exact) mass is 365 g/mol. The number of carbonyl (C=O) groups excluding carboxylic acids is 2. The predicted octanol–water partition coefficient (Wildman–Crippen LogP) is 2.96. The lowest BCUT2D eigenvalue weighted by molar-refractivity contribution is -0.135. The summed E-state index contributed by atoms with van der Waals surface area (Å²) < 4.78 is 0. The van der Waals surface area contributed by atoms with Gasteiger partial charge in [0.15, 0.2) is 0 Å². The fourth-order valence-electron chi connectivity index (χ4n) is 3.34. The van der Waals surface area contributed by atoms with Crippen LogP contribution in [-0.4, -0.2) is 53.3 Å². The van der Waals surface area contributed by atoms with Crippen LogP contribution < -0.4 is 5.73 Å². The first-order valence-electron chi connectivity index (χ1n) is 9.38. The molecule has 2 N–H and O–H groups in total. The van der Waals surface area contributed by atoms with Gasteiger partial charge >= 0.3 is 0 Å². The molecule has 2 amide bonds. The average Bonchev–Trinajstić information content (AvgIpc) is 3.18. The third-order valence-electron chi connectivity index (χ3n) is 5.22. The van der Waals surface area contributed by atoms with Gasteiger partial charge in [-0.25, -0.2) is 0 Å². The topological polar surface area (TPSA) is 66.6 Å². The molecule has 2 rings (SSSR count). The van der Waals surface area contributed by atoms with Crippen LogP contribution in [0.4, 0.5) is 0 Å². The van der Waals surface area contributed by atoms with Crippen molar-refractivity contribution >= 4 is 23.2 Å². The maximum absolute atomic E-state index is 12.8. The van der Waals surface area contributed by atoms with Crippen molar-refractivity contribution in [2.45, 2.75) is 58.5 Å². The Balaban J connectivity index is 1.97. The molecule has 1 saturated heterocycles. The van der Waals surface area contributed by atoms with Crippen LogP contribution in [0, 0.1) is 5.92 Å². The van der Waals surface area contributed by atoms with Gasteiger partial charge < -0.3 is 15.5 Å². The Bertz CT molecular complexity index is 553. The van der Waals surface area contributed by atoms with E-state index in [0.717, 1.165) is 37.1 Å². The molecular weight excluding hydrogens is 334 g/mol. The van der Waals surface area contributed by atoms with Crippen LogP contribution in [0.2, 0.25) is 0 Å². The zero-order valence-corrected chi connectivity index (χ0v) is 16.4. The van der Waals surface area contributed by atoms with Crippen molar-refractivity contribution in [1.82, 2.24) is 9.80 Å². The van der Waals surface area contributed by atoms with Gasteiger partial charge in [0, 0.05) is 25.7 Å². The van der Waals surface area contributed by atoms with E-state index < -0.39 is 6.04 Å². The van der Waals surface area contributed by atoms with Gasteiger partial charge in [0.2, 0.25) is 5.91 Å². The average molecular weight is 366 g/mol. The van der Waals surface area contributed by atoms with E-state index in [1.165, 1.54) is 11.3 Å². The number of nitrogens with zero attached hydrogens (tertiary/aromatic N) is 2. The Labute approximate surface area is 155 Å². The van der Waals surface area contributed by atoms with E-state index in [4.69, 9.17) is 5.73 Å². The summed E-state index contributed by atoms with van der Waals surface area (Å²) in [6.45, 7) is 8.32. The fraction of sp³-hybridized carbons (Fsp3) is 0.684. The molecule has 1 aliphatic rings. The normalized spacial score (nSPS) is 18.0. The summed E-state index contributed by atoms with van der Waals surface area (Å²) in [4.78, 5) is 30.0. The quantitative estimate of drug-likeness (QED) is 0.808. The van der Waals surface area contributed by atoms with Crippen LogP contribution in [0.1, 0.15) is 56.1 Å². The van der Waals surface area contributed by atoms with Gasteiger partial charge in [0.25, 0.3) is 5.91 Å². The van der Waals surface area contributed by atoms with Crippen LogP contribution in [0.3, 0.4) is 0 Å². The van der Waals surface area contributed by atoms with E-state index in [9.17, 15) is 9.59 Å². The fourth-order valence-corrected chi connectivity index (χ4v) is 4.02. The number of piperidine rings is 1. The highest BCUT2D eigenvalue weighted by atomic mass is 32.1. The minimum absolute atomic E-state index is 0.0550. The van der Waals surface area contributed by atoms with E-state index in [-0.39, 0.29) is 23.8 Å². The standard InChI is InChI=1S/C19H31N3O2S/c1-4-10-22(18(23)16-7-6-13-25-16)15-8-11-21(12-9-15)19(24)17(20)14(3)5-2/h6-7,13-15,17H,4-5,8-12,20H2,1-3H3. The van der Waals surface area contributed by atoms with Gasteiger partial charge in [0.05, 0.1) is 10.9 Å². The Hall–Kier alpha value is -1.40. The Morgan fingerprint density at radius 3 is 2.56 bits per heavy atom. The highest BCUT2D eigenvalue weighted by molar-refractivity contribution is 7.12. The summed E-state index contributed by atoms with van der Waals surface area (Å²) >= 11 is 1.49. The van der Waals surface area contributed by atoms with Gasteiger partial charge in [0.1, 0.15) is 0 Å². The van der Waals surface area contributed by atoms with Crippen molar-refractivity contribution in [2.24, 2.45) is 11.7 Å². The van der Waals surface area contributed by atoms with Crippen molar-refractivity contribution in [3.05, 3.63) is 22.4 Å². The third kappa shape index (κ3) is 4.82. The molecule has 1 fully saturated rings. The molecule has 140 valence electrons. The SMILES string of the molecule is CCCN(C(=O)c1cccs1)C1CCN(C(=O)C(N)C(C)CC)CC1. The Kier molecular flexibility index (Phi) is 7.44. The first-order valence-corrected chi connectivity index (χ1v) is 10.3. The number of hydrogen-bond acceptors (Lipinski definition) is 4. The zero-order chi connectivity index (χ0) is 18.4. The number of likely N-dealkylation sites (tertiary alicyclic amines) is 1. The lowest BCUT2D eigenvalue weighted by atomic mass is 9.96. The zero-order valence-electron chi connectivity index (χ0n) is 15.6. The van der Waals surface area contributed by atoms with E-state index >= 15 is 0 Å². The van der Waals surface area contributed by atoms with Crippen molar-refractivity contribution in [1.29, 1.82) is 0 Å². The summed E-state index contributed by atoms with van der Waals surface area (Å²) in [5.41, 5.74) is 6.10. The number of amides is 2.